The molecular weight excluding hydrogens is 285 g/mol. The van der Waals surface area contributed by atoms with Gasteiger partial charge in [-0.3, -0.25) is 0 Å². The lowest BCUT2D eigenvalue weighted by atomic mass is 10.3. The Balaban J connectivity index is 1.61. The third kappa shape index (κ3) is 3.30. The van der Waals surface area contributed by atoms with Crippen LogP contribution in [0.15, 0.2) is 30.6 Å². The predicted molar refractivity (Wildman–Crippen MR) is 81.4 cm³/mol. The number of fused-ring (bicyclic) bond motifs is 1. The van der Waals surface area contributed by atoms with Gasteiger partial charge < -0.3 is 15.0 Å². The number of ether oxygens (including phenoxy) is 1. The van der Waals surface area contributed by atoms with Crippen molar-refractivity contribution in [2.75, 3.05) is 18.5 Å². The van der Waals surface area contributed by atoms with Crippen LogP contribution in [-0.2, 0) is 6.42 Å². The maximum atomic E-state index is 13.1. The van der Waals surface area contributed by atoms with Gasteiger partial charge in [0, 0.05) is 19.0 Å². The number of rotatable bonds is 6. The second-order valence-electron chi connectivity index (χ2n) is 4.70. The van der Waals surface area contributed by atoms with Crippen LogP contribution in [0.25, 0.3) is 11.0 Å². The molecule has 0 amide bonds. The minimum Gasteiger partial charge on any atom is -0.478 e. The van der Waals surface area contributed by atoms with Crippen molar-refractivity contribution in [3.8, 4) is 5.88 Å². The zero-order chi connectivity index (χ0) is 15.4. The van der Waals surface area contributed by atoms with Crippen LogP contribution in [-0.4, -0.2) is 33.1 Å². The molecule has 0 atom stereocenters. The predicted octanol–water partition coefficient (Wildman–Crippen LogP) is 2.55. The maximum Gasteiger partial charge on any atom is 0.218 e. The van der Waals surface area contributed by atoms with E-state index in [0.717, 1.165) is 11.3 Å². The van der Waals surface area contributed by atoms with Crippen LogP contribution in [0.1, 0.15) is 12.7 Å². The van der Waals surface area contributed by atoms with Crippen LogP contribution in [0.2, 0.25) is 0 Å². The molecule has 22 heavy (non-hydrogen) atoms. The molecule has 0 bridgehead atoms. The molecule has 2 aromatic heterocycles. The molecule has 0 saturated carbocycles. The number of imidazole rings is 1. The third-order valence-electron chi connectivity index (χ3n) is 3.10. The molecule has 114 valence electrons. The first-order valence-electron chi connectivity index (χ1n) is 7.07. The number of benzene rings is 1. The topological polar surface area (TPSA) is 75.7 Å². The fraction of sp³-hybridized carbons (Fsp3) is 0.267. The van der Waals surface area contributed by atoms with E-state index in [0.29, 0.717) is 36.8 Å². The molecule has 0 saturated heterocycles. The number of hydrogen-bond acceptors (Lipinski definition) is 5. The number of H-pyrrole nitrogens is 1. The maximum absolute atomic E-state index is 13.1. The number of nitrogens with one attached hydrogen (secondary N) is 2. The molecule has 0 spiro atoms. The molecular formula is C15H16FN5O. The van der Waals surface area contributed by atoms with Gasteiger partial charge in [0.1, 0.15) is 23.8 Å². The van der Waals surface area contributed by atoms with Gasteiger partial charge in [0.25, 0.3) is 0 Å². The van der Waals surface area contributed by atoms with Gasteiger partial charge in [-0.25, -0.2) is 19.3 Å². The van der Waals surface area contributed by atoms with Gasteiger partial charge in [0.15, 0.2) is 0 Å². The first-order chi connectivity index (χ1) is 10.7. The van der Waals surface area contributed by atoms with Crippen molar-refractivity contribution < 1.29 is 9.13 Å². The Hall–Kier alpha value is -2.70. The lowest BCUT2D eigenvalue weighted by Gasteiger charge is -2.06. The Morgan fingerprint density at radius 3 is 3.05 bits per heavy atom. The van der Waals surface area contributed by atoms with Gasteiger partial charge in [-0.05, 0) is 25.1 Å². The summed E-state index contributed by atoms with van der Waals surface area (Å²) in [5, 5.41) is 3.18. The molecule has 0 aliphatic rings. The van der Waals surface area contributed by atoms with E-state index in [1.54, 1.807) is 12.1 Å². The zero-order valence-corrected chi connectivity index (χ0v) is 12.1. The molecule has 0 radical (unpaired) electrons. The third-order valence-corrected chi connectivity index (χ3v) is 3.10. The minimum atomic E-state index is -0.273. The summed E-state index contributed by atoms with van der Waals surface area (Å²) in [4.78, 5) is 15.6. The fourth-order valence-corrected chi connectivity index (χ4v) is 2.13. The molecule has 3 aromatic rings. The highest BCUT2D eigenvalue weighted by molar-refractivity contribution is 5.74. The monoisotopic (exact) mass is 301 g/mol. The molecule has 2 heterocycles. The largest absolute Gasteiger partial charge is 0.478 e. The standard InChI is InChI=1S/C15H16FN5O/c1-2-22-15-8-14(18-9-19-15)17-6-5-13-20-11-4-3-10(16)7-12(11)21-13/h3-4,7-9H,2,5-6H2,1H3,(H,20,21)(H,17,18,19). The summed E-state index contributed by atoms with van der Waals surface area (Å²) in [7, 11) is 0. The number of aromatic amines is 1. The SMILES string of the molecule is CCOc1cc(NCCc2nc3ccc(F)cc3[nH]2)ncn1. The molecule has 3 rings (SSSR count). The van der Waals surface area contributed by atoms with Gasteiger partial charge in [-0.15, -0.1) is 0 Å². The lowest BCUT2D eigenvalue weighted by molar-refractivity contribution is 0.326. The average molecular weight is 301 g/mol. The minimum absolute atomic E-state index is 0.273. The van der Waals surface area contributed by atoms with Crippen LogP contribution in [0.3, 0.4) is 0 Å². The summed E-state index contributed by atoms with van der Waals surface area (Å²) >= 11 is 0. The zero-order valence-electron chi connectivity index (χ0n) is 12.1. The molecule has 7 heteroatoms. The highest BCUT2D eigenvalue weighted by Crippen LogP contribution is 2.14. The van der Waals surface area contributed by atoms with Crippen LogP contribution >= 0.6 is 0 Å². The molecule has 2 N–H and O–H groups in total. The van der Waals surface area contributed by atoms with Gasteiger partial charge in [0.2, 0.25) is 5.88 Å². The molecule has 0 aliphatic heterocycles. The van der Waals surface area contributed by atoms with Crippen LogP contribution in [0.4, 0.5) is 10.2 Å². The second-order valence-corrected chi connectivity index (χ2v) is 4.70. The van der Waals surface area contributed by atoms with E-state index >= 15 is 0 Å². The van der Waals surface area contributed by atoms with E-state index in [4.69, 9.17) is 4.74 Å². The molecule has 0 unspecified atom stereocenters. The summed E-state index contributed by atoms with van der Waals surface area (Å²) in [6, 6.07) is 6.26. The second kappa shape index (κ2) is 6.38. The quantitative estimate of drug-likeness (QED) is 0.732. The van der Waals surface area contributed by atoms with Crippen molar-refractivity contribution >= 4 is 16.9 Å². The normalized spacial score (nSPS) is 10.8. The van der Waals surface area contributed by atoms with Crippen molar-refractivity contribution in [3.05, 3.63) is 42.2 Å². The summed E-state index contributed by atoms with van der Waals surface area (Å²) in [5.41, 5.74) is 1.47. The lowest BCUT2D eigenvalue weighted by Crippen LogP contribution is -2.08. The fourth-order valence-electron chi connectivity index (χ4n) is 2.13. The Morgan fingerprint density at radius 1 is 1.27 bits per heavy atom. The molecule has 0 aliphatic carbocycles. The first kappa shape index (κ1) is 14.2. The van der Waals surface area contributed by atoms with Crippen molar-refractivity contribution in [1.29, 1.82) is 0 Å². The van der Waals surface area contributed by atoms with Gasteiger partial charge in [-0.1, -0.05) is 0 Å². The summed E-state index contributed by atoms with van der Waals surface area (Å²) in [6.07, 6.45) is 2.13. The number of hydrogen-bond donors (Lipinski definition) is 2. The highest BCUT2D eigenvalue weighted by Gasteiger charge is 2.04. The number of halogens is 1. The van der Waals surface area contributed by atoms with E-state index in [2.05, 4.69) is 25.3 Å². The van der Waals surface area contributed by atoms with Crippen molar-refractivity contribution in [1.82, 2.24) is 19.9 Å². The highest BCUT2D eigenvalue weighted by atomic mass is 19.1. The van der Waals surface area contributed by atoms with E-state index in [1.165, 1.54) is 18.5 Å². The Labute approximate surface area is 126 Å². The molecule has 0 fully saturated rings. The van der Waals surface area contributed by atoms with Gasteiger partial charge >= 0.3 is 0 Å². The van der Waals surface area contributed by atoms with Crippen molar-refractivity contribution in [2.45, 2.75) is 13.3 Å². The van der Waals surface area contributed by atoms with Gasteiger partial charge in [-0.2, -0.15) is 0 Å². The van der Waals surface area contributed by atoms with Crippen LogP contribution < -0.4 is 10.1 Å². The smallest absolute Gasteiger partial charge is 0.218 e. The Morgan fingerprint density at radius 2 is 2.18 bits per heavy atom. The summed E-state index contributed by atoms with van der Waals surface area (Å²) in [6.45, 7) is 3.11. The number of nitrogens with zero attached hydrogens (tertiary/aromatic N) is 3. The average Bonchev–Trinajstić information content (AvgIpc) is 2.90. The van der Waals surface area contributed by atoms with E-state index in [-0.39, 0.29) is 5.82 Å². The van der Waals surface area contributed by atoms with Crippen molar-refractivity contribution in [2.24, 2.45) is 0 Å². The van der Waals surface area contributed by atoms with E-state index in [1.807, 2.05) is 6.92 Å². The molecule has 1 aromatic carbocycles. The first-order valence-corrected chi connectivity index (χ1v) is 7.07. The van der Waals surface area contributed by atoms with E-state index < -0.39 is 0 Å². The Kier molecular flexibility index (Phi) is 4.13. The van der Waals surface area contributed by atoms with Crippen LogP contribution in [0.5, 0.6) is 5.88 Å². The number of anilines is 1. The molecule has 6 nitrogen and oxygen atoms in total. The summed E-state index contributed by atoms with van der Waals surface area (Å²) < 4.78 is 18.5. The van der Waals surface area contributed by atoms with Gasteiger partial charge in [0.05, 0.1) is 17.6 Å². The van der Waals surface area contributed by atoms with Crippen LogP contribution in [0, 0.1) is 5.82 Å². The van der Waals surface area contributed by atoms with E-state index in [9.17, 15) is 4.39 Å². The van der Waals surface area contributed by atoms with Crippen molar-refractivity contribution in [3.63, 3.8) is 0 Å². The Bertz CT molecular complexity index is 773. The number of aromatic nitrogens is 4. The summed E-state index contributed by atoms with van der Waals surface area (Å²) in [5.74, 6) is 1.76.